The molecule has 3 heteroatoms. The first-order chi connectivity index (χ1) is 23.1. The fraction of sp³-hybridized carbons (Fsp3) is 0.0455. The monoisotopic (exact) mass is 616 g/mol. The quantitative estimate of drug-likeness (QED) is 0.184. The summed E-state index contributed by atoms with van der Waals surface area (Å²) in [6, 6.07) is 56.7. The highest BCUT2D eigenvalue weighted by molar-refractivity contribution is 7.03. The van der Waals surface area contributed by atoms with E-state index in [0.717, 1.165) is 28.2 Å². The number of rotatable bonds is 4. The molecular weight excluding hydrogens is 585 g/mol. The molecular formula is C44H32N2Si. The van der Waals surface area contributed by atoms with E-state index in [1.54, 1.807) is 0 Å². The second-order valence-electron chi connectivity index (χ2n) is 13.0. The average molecular weight is 617 g/mol. The summed E-state index contributed by atoms with van der Waals surface area (Å²) in [7, 11) is -2.17. The van der Waals surface area contributed by atoms with Gasteiger partial charge in [-0.2, -0.15) is 0 Å². The first-order valence-electron chi connectivity index (χ1n) is 16.3. The van der Waals surface area contributed by atoms with Crippen molar-refractivity contribution >= 4 is 40.1 Å². The Morgan fingerprint density at radius 3 is 1.74 bits per heavy atom. The van der Waals surface area contributed by atoms with Crippen molar-refractivity contribution < 1.29 is 0 Å². The fourth-order valence-corrected chi connectivity index (χ4v) is 10.3. The zero-order chi connectivity index (χ0) is 31.5. The van der Waals surface area contributed by atoms with Crippen LogP contribution < -0.4 is 10.5 Å². The summed E-state index contributed by atoms with van der Waals surface area (Å²) >= 11 is 0. The van der Waals surface area contributed by atoms with Crippen LogP contribution in [-0.4, -0.2) is 18.0 Å². The van der Waals surface area contributed by atoms with E-state index in [1.807, 2.05) is 0 Å². The number of fused-ring (bicyclic) bond motifs is 6. The van der Waals surface area contributed by atoms with Gasteiger partial charge in [0.15, 0.2) is 5.82 Å². The Morgan fingerprint density at radius 2 is 0.979 bits per heavy atom. The molecule has 0 aliphatic carbocycles. The van der Waals surface area contributed by atoms with Gasteiger partial charge in [-0.3, -0.25) is 0 Å². The Bertz CT molecular complexity index is 2490. The minimum atomic E-state index is -2.17. The first kappa shape index (κ1) is 27.6. The van der Waals surface area contributed by atoms with Gasteiger partial charge in [0.05, 0.1) is 5.69 Å². The number of nitrogens with zero attached hydrogens (tertiary/aromatic N) is 2. The molecule has 47 heavy (non-hydrogen) atoms. The molecule has 1 aliphatic rings. The van der Waals surface area contributed by atoms with Crippen LogP contribution in [0.1, 0.15) is 0 Å². The van der Waals surface area contributed by atoms with E-state index in [2.05, 4.69) is 171 Å². The van der Waals surface area contributed by atoms with Crippen LogP contribution in [0.25, 0.3) is 77.6 Å². The largest absolute Gasteiger partial charge is 0.237 e. The predicted octanol–water partition coefficient (Wildman–Crippen LogP) is 10.3. The van der Waals surface area contributed by atoms with Crippen molar-refractivity contribution in [2.24, 2.45) is 0 Å². The van der Waals surface area contributed by atoms with Crippen molar-refractivity contribution in [3.63, 3.8) is 0 Å². The highest BCUT2D eigenvalue weighted by atomic mass is 28.3. The van der Waals surface area contributed by atoms with Crippen molar-refractivity contribution in [2.75, 3.05) is 0 Å². The minimum absolute atomic E-state index is 0.783. The highest BCUT2D eigenvalue weighted by Gasteiger charge is 2.42. The van der Waals surface area contributed by atoms with Gasteiger partial charge in [-0.25, -0.2) is 9.97 Å². The van der Waals surface area contributed by atoms with Gasteiger partial charge >= 0.3 is 0 Å². The van der Waals surface area contributed by atoms with Gasteiger partial charge in [0, 0.05) is 22.0 Å². The molecule has 7 aromatic carbocycles. The van der Waals surface area contributed by atoms with E-state index in [0.29, 0.717) is 0 Å². The van der Waals surface area contributed by atoms with Crippen LogP contribution in [0, 0.1) is 0 Å². The molecule has 9 rings (SSSR count). The molecule has 0 unspecified atom stereocenters. The lowest BCUT2D eigenvalue weighted by atomic mass is 9.93. The summed E-state index contributed by atoms with van der Waals surface area (Å²) in [4.78, 5) is 11.0. The summed E-state index contributed by atoms with van der Waals surface area (Å²) in [5.74, 6) is 0.783. The predicted molar refractivity (Wildman–Crippen MR) is 201 cm³/mol. The molecule has 0 N–H and O–H groups in total. The molecule has 0 saturated heterocycles. The molecule has 222 valence electrons. The SMILES string of the molecule is C[Si]1(C)c2ccc3ccccc3c2-c2c(-c3cccc4ccccc34)nc(-c3cccc(-c4cccc(-c5ccccc5)c4)c3)nc21. The Labute approximate surface area is 276 Å². The molecule has 0 amide bonds. The zero-order valence-electron chi connectivity index (χ0n) is 26.4. The molecule has 1 aromatic heterocycles. The molecule has 1 aliphatic heterocycles. The lowest BCUT2D eigenvalue weighted by molar-refractivity contribution is 1.21. The van der Waals surface area contributed by atoms with Crippen LogP contribution in [0.15, 0.2) is 158 Å². The fourth-order valence-electron chi connectivity index (χ4n) is 7.44. The van der Waals surface area contributed by atoms with Gasteiger partial charge in [0.1, 0.15) is 8.07 Å². The minimum Gasteiger partial charge on any atom is -0.237 e. The summed E-state index contributed by atoms with van der Waals surface area (Å²) in [6.07, 6.45) is 0. The van der Waals surface area contributed by atoms with Gasteiger partial charge < -0.3 is 0 Å². The van der Waals surface area contributed by atoms with E-state index in [1.165, 1.54) is 59.9 Å². The lowest BCUT2D eigenvalue weighted by Crippen LogP contribution is -2.50. The standard InChI is InChI=1S/C44H32N2Si/c1-47(2)39-26-25-31-16-7-9-23-37(31)40(39)41-42(38-24-12-17-30-15-6-8-22-36(30)38)45-43(46-44(41)47)35-21-11-20-34(28-35)33-19-10-18-32(27-33)29-13-4-3-5-14-29/h3-28H,1-2H3. The maximum Gasteiger partial charge on any atom is 0.159 e. The van der Waals surface area contributed by atoms with Gasteiger partial charge in [-0.15, -0.1) is 0 Å². The topological polar surface area (TPSA) is 25.8 Å². The van der Waals surface area contributed by atoms with Crippen molar-refractivity contribution in [3.8, 4) is 56.0 Å². The molecule has 8 aromatic rings. The third kappa shape index (κ3) is 4.46. The van der Waals surface area contributed by atoms with Crippen LogP contribution in [-0.2, 0) is 0 Å². The molecule has 0 atom stereocenters. The molecule has 0 bridgehead atoms. The van der Waals surface area contributed by atoms with Gasteiger partial charge in [0.2, 0.25) is 0 Å². The van der Waals surface area contributed by atoms with E-state index < -0.39 is 8.07 Å². The van der Waals surface area contributed by atoms with Gasteiger partial charge in [-0.05, 0) is 66.7 Å². The third-order valence-corrected chi connectivity index (χ3v) is 13.1. The Balaban J connectivity index is 1.29. The van der Waals surface area contributed by atoms with Crippen LogP contribution in [0.5, 0.6) is 0 Å². The first-order valence-corrected chi connectivity index (χ1v) is 19.3. The van der Waals surface area contributed by atoms with Crippen molar-refractivity contribution in [1.82, 2.24) is 9.97 Å². The number of aromatic nitrogens is 2. The molecule has 2 nitrogen and oxygen atoms in total. The maximum absolute atomic E-state index is 5.52. The maximum atomic E-state index is 5.52. The number of hydrogen-bond acceptors (Lipinski definition) is 2. The Hall–Kier alpha value is -5.64. The van der Waals surface area contributed by atoms with Crippen molar-refractivity contribution in [3.05, 3.63) is 158 Å². The second-order valence-corrected chi connectivity index (χ2v) is 17.3. The zero-order valence-corrected chi connectivity index (χ0v) is 27.4. The molecule has 0 radical (unpaired) electrons. The summed E-state index contributed by atoms with van der Waals surface area (Å²) in [5, 5.41) is 7.61. The molecule has 0 saturated carbocycles. The third-order valence-electron chi connectivity index (χ3n) is 9.82. The Morgan fingerprint density at radius 1 is 0.426 bits per heavy atom. The number of hydrogen-bond donors (Lipinski definition) is 0. The Kier molecular flexibility index (Phi) is 6.31. The van der Waals surface area contributed by atoms with E-state index in [-0.39, 0.29) is 0 Å². The van der Waals surface area contributed by atoms with E-state index in [9.17, 15) is 0 Å². The molecule has 0 spiro atoms. The van der Waals surface area contributed by atoms with Gasteiger partial charge in [0.25, 0.3) is 0 Å². The van der Waals surface area contributed by atoms with Crippen LogP contribution in [0.4, 0.5) is 0 Å². The van der Waals surface area contributed by atoms with Crippen molar-refractivity contribution in [1.29, 1.82) is 0 Å². The number of benzene rings is 7. The van der Waals surface area contributed by atoms with Crippen molar-refractivity contribution in [2.45, 2.75) is 13.1 Å². The van der Waals surface area contributed by atoms with E-state index >= 15 is 0 Å². The highest BCUT2D eigenvalue weighted by Crippen LogP contribution is 2.42. The summed E-state index contributed by atoms with van der Waals surface area (Å²) in [6.45, 7) is 4.89. The average Bonchev–Trinajstić information content (AvgIpc) is 3.37. The molecule has 0 fully saturated rings. The normalized spacial score (nSPS) is 13.1. The van der Waals surface area contributed by atoms with E-state index in [4.69, 9.17) is 9.97 Å². The van der Waals surface area contributed by atoms with Crippen LogP contribution in [0.2, 0.25) is 13.1 Å². The lowest BCUT2D eigenvalue weighted by Gasteiger charge is -2.19. The van der Waals surface area contributed by atoms with Crippen LogP contribution >= 0.6 is 0 Å². The summed E-state index contributed by atoms with van der Waals surface area (Å²) < 4.78 is 0. The summed E-state index contributed by atoms with van der Waals surface area (Å²) in [5.41, 5.74) is 10.5. The molecule has 2 heterocycles. The van der Waals surface area contributed by atoms with Gasteiger partial charge in [-0.1, -0.05) is 159 Å². The van der Waals surface area contributed by atoms with Crippen LogP contribution in [0.3, 0.4) is 0 Å². The smallest absolute Gasteiger partial charge is 0.159 e. The second kappa shape index (κ2) is 10.7.